The number of nitrogens with one attached hydrogen (secondary N) is 1. The Kier molecular flexibility index (Phi) is 6.56. The average Bonchev–Trinajstić information content (AvgIpc) is 2.59. The summed E-state index contributed by atoms with van der Waals surface area (Å²) >= 11 is 5.85. The van der Waals surface area contributed by atoms with Gasteiger partial charge in [-0.25, -0.2) is 0 Å². The average molecular weight is 391 g/mol. The summed E-state index contributed by atoms with van der Waals surface area (Å²) < 4.78 is 5.19. The number of nitro benzene ring substituents is 1. The second kappa shape index (κ2) is 8.86. The lowest BCUT2D eigenvalue weighted by molar-refractivity contribution is -0.383. The number of carbonyl (C=O) groups excluding carboxylic acids is 2. The Bertz CT molecular complexity index is 930. The minimum atomic E-state index is -0.655. The van der Waals surface area contributed by atoms with Gasteiger partial charge < -0.3 is 10.1 Å². The quantitative estimate of drug-likeness (QED) is 0.320. The second-order valence-corrected chi connectivity index (χ2v) is 5.75. The zero-order valence-corrected chi connectivity index (χ0v) is 15.2. The van der Waals surface area contributed by atoms with E-state index in [-0.39, 0.29) is 40.0 Å². The summed E-state index contributed by atoms with van der Waals surface area (Å²) in [7, 11) is 1.40. The van der Waals surface area contributed by atoms with Crippen LogP contribution in [0.4, 0.5) is 22.7 Å². The van der Waals surface area contributed by atoms with E-state index >= 15 is 0 Å². The third-order valence-electron chi connectivity index (χ3n) is 3.31. The molecule has 0 aliphatic carbocycles. The van der Waals surface area contributed by atoms with Gasteiger partial charge in [0.25, 0.3) is 0 Å². The molecule has 140 valence electrons. The maximum atomic E-state index is 11.9. The van der Waals surface area contributed by atoms with Crippen LogP contribution in [0.2, 0.25) is 5.02 Å². The molecule has 0 saturated heterocycles. The fraction of sp³-hybridized carbons (Fsp3) is 0.176. The molecular formula is C17H15ClN4O5. The molecule has 27 heavy (non-hydrogen) atoms. The maximum Gasteiger partial charge on any atom is 0.315 e. The number of hydrogen-bond acceptors (Lipinski definition) is 7. The van der Waals surface area contributed by atoms with E-state index < -0.39 is 10.8 Å². The van der Waals surface area contributed by atoms with Gasteiger partial charge in [0.2, 0.25) is 5.91 Å². The van der Waals surface area contributed by atoms with Gasteiger partial charge in [0.1, 0.15) is 27.9 Å². The van der Waals surface area contributed by atoms with Crippen LogP contribution in [0.1, 0.15) is 13.3 Å². The molecule has 0 atom stereocenters. The molecule has 0 aliphatic heterocycles. The summed E-state index contributed by atoms with van der Waals surface area (Å²) in [5, 5.41) is 21.5. The predicted octanol–water partition coefficient (Wildman–Crippen LogP) is 4.59. The number of ether oxygens (including phenoxy) is 1. The van der Waals surface area contributed by atoms with Gasteiger partial charge in [-0.15, -0.1) is 10.2 Å². The van der Waals surface area contributed by atoms with Crippen LogP contribution >= 0.6 is 11.6 Å². The molecule has 1 N–H and O–H groups in total. The summed E-state index contributed by atoms with van der Waals surface area (Å²) in [5.74, 6) is -0.554. The Balaban J connectivity index is 2.44. The molecule has 1 amide bonds. The molecule has 0 aromatic heterocycles. The Morgan fingerprint density at radius 2 is 1.81 bits per heavy atom. The minimum Gasteiger partial charge on any atom is -0.494 e. The van der Waals surface area contributed by atoms with Crippen LogP contribution in [-0.4, -0.2) is 23.7 Å². The van der Waals surface area contributed by atoms with Crippen LogP contribution in [-0.2, 0) is 9.59 Å². The number of anilines is 1. The number of methoxy groups -OCH3 is 1. The van der Waals surface area contributed by atoms with Crippen molar-refractivity contribution in [1.82, 2.24) is 0 Å². The van der Waals surface area contributed by atoms with Gasteiger partial charge in [0.05, 0.1) is 18.5 Å². The van der Waals surface area contributed by atoms with E-state index in [2.05, 4.69) is 15.5 Å². The lowest BCUT2D eigenvalue weighted by Gasteiger charge is -2.11. The van der Waals surface area contributed by atoms with Crippen molar-refractivity contribution < 1.29 is 19.2 Å². The fourth-order valence-electron chi connectivity index (χ4n) is 2.18. The van der Waals surface area contributed by atoms with Crippen molar-refractivity contribution in [2.24, 2.45) is 10.2 Å². The fourth-order valence-corrected chi connectivity index (χ4v) is 2.42. The highest BCUT2D eigenvalue weighted by atomic mass is 35.5. The molecule has 0 radical (unpaired) electrons. The standard InChI is InChI=1S/C17H15ClN4O5/c1-10(23)9-15(24)19-16-12(6-4-8-14(16)27-2)20-21-13-7-3-5-11(18)17(13)22(25)26/h3-8H,9H2,1-2H3,(H,19,24). The summed E-state index contributed by atoms with van der Waals surface area (Å²) in [6.07, 6.45) is -0.311. The van der Waals surface area contributed by atoms with E-state index in [0.29, 0.717) is 5.75 Å². The first-order valence-electron chi connectivity index (χ1n) is 7.64. The topological polar surface area (TPSA) is 123 Å². The van der Waals surface area contributed by atoms with E-state index in [1.54, 1.807) is 12.1 Å². The lowest BCUT2D eigenvalue weighted by atomic mass is 10.2. The Morgan fingerprint density at radius 3 is 2.44 bits per heavy atom. The number of rotatable bonds is 7. The number of nitro groups is 1. The van der Waals surface area contributed by atoms with Gasteiger partial charge in [-0.1, -0.05) is 23.7 Å². The number of Topliss-reactive ketones (excluding diaryl/α,β-unsaturated/α-hetero) is 1. The number of nitrogens with zero attached hydrogens (tertiary/aromatic N) is 3. The number of carbonyl (C=O) groups is 2. The molecule has 0 unspecified atom stereocenters. The normalized spacial score (nSPS) is 10.6. The molecule has 2 aromatic carbocycles. The Hall–Kier alpha value is -3.33. The first-order valence-corrected chi connectivity index (χ1v) is 8.02. The van der Waals surface area contributed by atoms with E-state index in [4.69, 9.17) is 16.3 Å². The summed E-state index contributed by atoms with van der Waals surface area (Å²) in [6.45, 7) is 1.29. The van der Waals surface area contributed by atoms with Crippen LogP contribution in [0.15, 0.2) is 46.6 Å². The van der Waals surface area contributed by atoms with E-state index in [1.165, 1.54) is 38.3 Å². The monoisotopic (exact) mass is 390 g/mol. The number of para-hydroxylation sites is 2. The number of ketones is 1. The number of azo groups is 1. The lowest BCUT2D eigenvalue weighted by Crippen LogP contribution is -2.15. The SMILES string of the molecule is COc1cccc(N=Nc2cccc(Cl)c2[N+](=O)[O-])c1NC(=O)CC(C)=O. The highest BCUT2D eigenvalue weighted by molar-refractivity contribution is 6.33. The first-order chi connectivity index (χ1) is 12.8. The number of benzene rings is 2. The van der Waals surface area contributed by atoms with Crippen molar-refractivity contribution in [3.63, 3.8) is 0 Å². The van der Waals surface area contributed by atoms with Crippen LogP contribution in [0, 0.1) is 10.1 Å². The number of amides is 1. The number of halogens is 1. The van der Waals surface area contributed by atoms with Crippen LogP contribution in [0.3, 0.4) is 0 Å². The smallest absolute Gasteiger partial charge is 0.315 e. The molecule has 10 heteroatoms. The van der Waals surface area contributed by atoms with Crippen molar-refractivity contribution in [2.75, 3.05) is 12.4 Å². The van der Waals surface area contributed by atoms with Crippen molar-refractivity contribution in [2.45, 2.75) is 13.3 Å². The van der Waals surface area contributed by atoms with Gasteiger partial charge in [-0.2, -0.15) is 0 Å². The molecule has 0 heterocycles. The maximum absolute atomic E-state index is 11.9. The number of hydrogen-bond donors (Lipinski definition) is 1. The third-order valence-corrected chi connectivity index (χ3v) is 3.62. The van der Waals surface area contributed by atoms with Crippen LogP contribution in [0.25, 0.3) is 0 Å². The van der Waals surface area contributed by atoms with Crippen molar-refractivity contribution in [1.29, 1.82) is 0 Å². The zero-order valence-electron chi connectivity index (χ0n) is 14.4. The second-order valence-electron chi connectivity index (χ2n) is 5.35. The molecule has 2 aromatic rings. The van der Waals surface area contributed by atoms with Gasteiger partial charge in [0.15, 0.2) is 5.69 Å². The molecular weight excluding hydrogens is 376 g/mol. The van der Waals surface area contributed by atoms with E-state index in [9.17, 15) is 19.7 Å². The largest absolute Gasteiger partial charge is 0.494 e. The highest BCUT2D eigenvalue weighted by Gasteiger charge is 2.19. The van der Waals surface area contributed by atoms with Crippen LogP contribution in [0.5, 0.6) is 5.75 Å². The third kappa shape index (κ3) is 5.08. The molecule has 0 fully saturated rings. The molecule has 0 spiro atoms. The Morgan fingerprint density at radius 1 is 1.19 bits per heavy atom. The zero-order chi connectivity index (χ0) is 20.0. The van der Waals surface area contributed by atoms with Crippen LogP contribution < -0.4 is 10.1 Å². The predicted molar refractivity (Wildman–Crippen MR) is 99.2 cm³/mol. The van der Waals surface area contributed by atoms with Gasteiger partial charge in [-0.3, -0.25) is 19.7 Å². The molecule has 0 bridgehead atoms. The van der Waals surface area contributed by atoms with Gasteiger partial charge in [0, 0.05) is 0 Å². The van der Waals surface area contributed by atoms with E-state index in [0.717, 1.165) is 0 Å². The van der Waals surface area contributed by atoms with Crippen molar-refractivity contribution in [3.8, 4) is 5.75 Å². The summed E-state index contributed by atoms with van der Waals surface area (Å²) in [4.78, 5) is 33.6. The highest BCUT2D eigenvalue weighted by Crippen LogP contribution is 2.38. The molecule has 0 saturated carbocycles. The van der Waals surface area contributed by atoms with E-state index in [1.807, 2.05) is 0 Å². The molecule has 9 nitrogen and oxygen atoms in total. The minimum absolute atomic E-state index is 0.0451. The first kappa shape index (κ1) is 20.0. The molecule has 2 rings (SSSR count). The Labute approximate surface area is 159 Å². The summed E-state index contributed by atoms with van der Waals surface area (Å²) in [5.41, 5.74) is -0.0375. The van der Waals surface area contributed by atoms with Gasteiger partial charge in [-0.05, 0) is 31.2 Å². The molecule has 0 aliphatic rings. The summed E-state index contributed by atoms with van der Waals surface area (Å²) in [6, 6.07) is 9.00. The van der Waals surface area contributed by atoms with Gasteiger partial charge >= 0.3 is 5.69 Å². The van der Waals surface area contributed by atoms with Crippen molar-refractivity contribution >= 4 is 46.0 Å². The van der Waals surface area contributed by atoms with Crippen molar-refractivity contribution in [3.05, 3.63) is 51.5 Å².